The number of hydrogen-bond acceptors (Lipinski definition) is 9. The smallest absolute Gasteiger partial charge is 0.338 e. The minimum Gasteiger partial charge on any atom is -0.496 e. The van der Waals surface area contributed by atoms with Crippen LogP contribution in [-0.4, -0.2) is 50.7 Å². The molecule has 0 bridgehead atoms. The van der Waals surface area contributed by atoms with Gasteiger partial charge in [-0.25, -0.2) is 9.59 Å². The van der Waals surface area contributed by atoms with Crippen LogP contribution in [0.1, 0.15) is 114 Å². The molecule has 2 aromatic rings. The van der Waals surface area contributed by atoms with Gasteiger partial charge in [-0.2, -0.15) is 0 Å². The van der Waals surface area contributed by atoms with Crippen molar-refractivity contribution in [2.24, 2.45) is 0 Å². The number of carbonyl (C=O) groups excluding carboxylic acids is 2. The first-order valence-corrected chi connectivity index (χ1v) is 18.7. The number of nitrogens with zero attached hydrogens (tertiary/aromatic N) is 2. The molecule has 2 heterocycles. The van der Waals surface area contributed by atoms with E-state index in [0.29, 0.717) is 28.4 Å². The van der Waals surface area contributed by atoms with E-state index in [0.717, 1.165) is 41.8 Å². The Labute approximate surface area is 299 Å². The van der Waals surface area contributed by atoms with Crippen molar-refractivity contribution in [1.29, 1.82) is 0 Å². The molecule has 0 fully saturated rings. The molecule has 0 radical (unpaired) electrons. The maximum absolute atomic E-state index is 14.0. The van der Waals surface area contributed by atoms with E-state index in [2.05, 4.69) is 18.3 Å². The van der Waals surface area contributed by atoms with E-state index >= 15 is 0 Å². The van der Waals surface area contributed by atoms with Gasteiger partial charge in [0.2, 0.25) is 0 Å². The Kier molecular flexibility index (Phi) is 14.8. The number of nitrogens with one attached hydrogen (secondary N) is 1. The van der Waals surface area contributed by atoms with Crippen molar-refractivity contribution < 1.29 is 23.8 Å². The summed E-state index contributed by atoms with van der Waals surface area (Å²) in [6.07, 6.45) is 17.5. The standard InChI is InChI=1S/C40H57N3O5S/c1-7-8-9-10-11-12-13-14-15-16-17-18-19-23-29-24-22-27-32(46-4)34(29)35-33(38(44)47-5)28(2)42(3)37(36(35)39(45)48-6)43-31-26-21-20-25-30(31)41-40(43)49/h20-22,24-27,35,40-41,49H,7-19,23H2,1-6H3. The fourth-order valence-corrected chi connectivity index (χ4v) is 7.67. The lowest BCUT2D eigenvalue weighted by molar-refractivity contribution is -0.137. The molecule has 9 heteroatoms. The van der Waals surface area contributed by atoms with E-state index in [-0.39, 0.29) is 0 Å². The van der Waals surface area contributed by atoms with E-state index in [9.17, 15) is 9.59 Å². The quantitative estimate of drug-likeness (QED) is 0.0858. The van der Waals surface area contributed by atoms with Gasteiger partial charge in [0, 0.05) is 18.3 Å². The summed E-state index contributed by atoms with van der Waals surface area (Å²) in [7, 11) is 6.23. The van der Waals surface area contributed by atoms with E-state index in [1.54, 1.807) is 7.11 Å². The number of esters is 2. The van der Waals surface area contributed by atoms with Crippen molar-refractivity contribution in [3.05, 3.63) is 76.3 Å². The third-order valence-corrected chi connectivity index (χ3v) is 10.3. The zero-order chi connectivity index (χ0) is 35.3. The molecule has 2 aliphatic heterocycles. The van der Waals surface area contributed by atoms with Crippen molar-refractivity contribution in [3.8, 4) is 5.75 Å². The number of fused-ring (bicyclic) bond motifs is 1. The average Bonchev–Trinajstić information content (AvgIpc) is 3.45. The lowest BCUT2D eigenvalue weighted by Gasteiger charge is -2.41. The molecule has 0 spiro atoms. The van der Waals surface area contributed by atoms with Crippen molar-refractivity contribution in [2.45, 2.75) is 115 Å². The predicted molar refractivity (Wildman–Crippen MR) is 202 cm³/mol. The van der Waals surface area contributed by atoms with Gasteiger partial charge in [-0.1, -0.05) is 108 Å². The van der Waals surface area contributed by atoms with E-state index in [1.807, 2.05) is 60.2 Å². The van der Waals surface area contributed by atoms with Crippen LogP contribution >= 0.6 is 12.6 Å². The van der Waals surface area contributed by atoms with Gasteiger partial charge in [-0.3, -0.25) is 4.90 Å². The molecule has 1 N–H and O–H groups in total. The van der Waals surface area contributed by atoms with Crippen molar-refractivity contribution in [1.82, 2.24) is 4.90 Å². The molecule has 8 nitrogen and oxygen atoms in total. The predicted octanol–water partition coefficient (Wildman–Crippen LogP) is 9.34. The molecule has 2 atom stereocenters. The van der Waals surface area contributed by atoms with E-state index in [1.165, 1.54) is 84.8 Å². The van der Waals surface area contributed by atoms with Gasteiger partial charge in [-0.15, -0.1) is 12.6 Å². The van der Waals surface area contributed by atoms with Gasteiger partial charge in [-0.05, 0) is 43.5 Å². The molecule has 49 heavy (non-hydrogen) atoms. The summed E-state index contributed by atoms with van der Waals surface area (Å²) in [5.41, 5.74) is 4.48. The highest BCUT2D eigenvalue weighted by Crippen LogP contribution is 2.50. The second kappa shape index (κ2) is 19.0. The summed E-state index contributed by atoms with van der Waals surface area (Å²) < 4.78 is 16.8. The Morgan fingerprint density at radius 3 is 1.94 bits per heavy atom. The molecular weight excluding hydrogens is 635 g/mol. The molecule has 0 aromatic heterocycles. The number of unbranched alkanes of at least 4 members (excludes halogenated alkanes) is 12. The van der Waals surface area contributed by atoms with E-state index in [4.69, 9.17) is 26.8 Å². The number of carbonyl (C=O) groups is 2. The van der Waals surface area contributed by atoms with Crippen LogP contribution in [0.25, 0.3) is 0 Å². The fourth-order valence-electron chi connectivity index (χ4n) is 7.29. The summed E-state index contributed by atoms with van der Waals surface area (Å²) in [4.78, 5) is 31.6. The fraction of sp³-hybridized carbons (Fsp3) is 0.550. The van der Waals surface area contributed by atoms with Crippen LogP contribution in [0.5, 0.6) is 5.75 Å². The van der Waals surface area contributed by atoms with Crippen LogP contribution in [0.3, 0.4) is 0 Å². The minimum absolute atomic E-state index is 0.324. The summed E-state index contributed by atoms with van der Waals surface area (Å²) in [6, 6.07) is 13.8. The number of benzene rings is 2. The largest absolute Gasteiger partial charge is 0.496 e. The number of aryl methyl sites for hydroxylation is 1. The highest BCUT2D eigenvalue weighted by molar-refractivity contribution is 7.81. The molecular formula is C40H57N3O5S. The topological polar surface area (TPSA) is 80.3 Å². The Bertz CT molecular complexity index is 1490. The first-order chi connectivity index (χ1) is 23.8. The van der Waals surface area contributed by atoms with E-state index < -0.39 is 23.4 Å². The van der Waals surface area contributed by atoms with Gasteiger partial charge < -0.3 is 24.4 Å². The maximum atomic E-state index is 14.0. The van der Waals surface area contributed by atoms with Gasteiger partial charge >= 0.3 is 11.9 Å². The van der Waals surface area contributed by atoms with Crippen LogP contribution in [-0.2, 0) is 25.5 Å². The Morgan fingerprint density at radius 1 is 0.776 bits per heavy atom. The number of methoxy groups -OCH3 is 3. The lowest BCUT2D eigenvalue weighted by atomic mass is 9.77. The lowest BCUT2D eigenvalue weighted by Crippen LogP contribution is -2.44. The summed E-state index contributed by atoms with van der Waals surface area (Å²) in [5.74, 6) is -0.651. The van der Waals surface area contributed by atoms with Crippen molar-refractivity contribution >= 4 is 35.9 Å². The molecule has 2 aromatic carbocycles. The third kappa shape index (κ3) is 8.96. The van der Waals surface area contributed by atoms with Crippen LogP contribution < -0.4 is 15.0 Å². The molecule has 4 rings (SSSR count). The number of anilines is 2. The first-order valence-electron chi connectivity index (χ1n) is 18.1. The molecule has 0 saturated carbocycles. The Balaban J connectivity index is 1.63. The summed E-state index contributed by atoms with van der Waals surface area (Å²) in [5, 5.41) is 3.40. The molecule has 0 saturated heterocycles. The van der Waals surface area contributed by atoms with Crippen LogP contribution in [0, 0.1) is 0 Å². The monoisotopic (exact) mass is 691 g/mol. The molecule has 2 unspecified atom stereocenters. The number of para-hydroxylation sites is 2. The van der Waals surface area contributed by atoms with Crippen LogP contribution in [0.2, 0.25) is 0 Å². The number of thiol groups is 1. The molecule has 268 valence electrons. The summed E-state index contributed by atoms with van der Waals surface area (Å²) in [6.45, 7) is 4.15. The SMILES string of the molecule is CCCCCCCCCCCCCCCc1cccc(OC)c1C1C(C(=O)OC)=C(C)N(C)C(N2c3ccccc3NC2S)=C1C(=O)OC. The number of allylic oxidation sites excluding steroid dienone is 1. The summed E-state index contributed by atoms with van der Waals surface area (Å²) >= 11 is 4.89. The average molecular weight is 692 g/mol. The Hall–Kier alpha value is -3.59. The van der Waals surface area contributed by atoms with Crippen molar-refractivity contribution in [2.75, 3.05) is 38.6 Å². The zero-order valence-electron chi connectivity index (χ0n) is 30.5. The molecule has 0 aliphatic carbocycles. The third-order valence-electron chi connectivity index (χ3n) is 9.98. The highest BCUT2D eigenvalue weighted by Gasteiger charge is 2.46. The number of ether oxygens (including phenoxy) is 3. The van der Waals surface area contributed by atoms with Crippen LogP contribution in [0.15, 0.2) is 65.1 Å². The minimum atomic E-state index is -0.799. The van der Waals surface area contributed by atoms with Gasteiger partial charge in [0.25, 0.3) is 0 Å². The van der Waals surface area contributed by atoms with Gasteiger partial charge in [0.05, 0.1) is 49.8 Å². The Morgan fingerprint density at radius 2 is 1.35 bits per heavy atom. The second-order valence-electron chi connectivity index (χ2n) is 13.1. The second-order valence-corrected chi connectivity index (χ2v) is 13.6. The van der Waals surface area contributed by atoms with Gasteiger partial charge in [0.1, 0.15) is 11.6 Å². The normalized spacial score (nSPS) is 17.3. The molecule has 0 amide bonds. The first kappa shape index (κ1) is 38.2. The zero-order valence-corrected chi connectivity index (χ0v) is 31.4. The number of rotatable bonds is 19. The molecule has 2 aliphatic rings. The highest BCUT2D eigenvalue weighted by atomic mass is 32.1. The van der Waals surface area contributed by atoms with Crippen LogP contribution in [0.4, 0.5) is 11.4 Å². The number of hydrogen-bond donors (Lipinski definition) is 2. The van der Waals surface area contributed by atoms with Gasteiger partial charge in [0.15, 0.2) is 5.50 Å². The maximum Gasteiger partial charge on any atom is 0.338 e. The van der Waals surface area contributed by atoms with Crippen molar-refractivity contribution in [3.63, 3.8) is 0 Å².